The largest absolute Gasteiger partial charge is 0.444 e. The van der Waals surface area contributed by atoms with E-state index in [1.54, 1.807) is 11.9 Å². The summed E-state index contributed by atoms with van der Waals surface area (Å²) in [6.07, 6.45) is -0.812. The Morgan fingerprint density at radius 3 is 2.54 bits per heavy atom. The molecule has 0 bridgehead atoms. The lowest BCUT2D eigenvalue weighted by molar-refractivity contribution is 0.0285. The van der Waals surface area contributed by atoms with Gasteiger partial charge in [0.2, 0.25) is 0 Å². The molecule has 1 heterocycles. The third-order valence-corrected chi connectivity index (χ3v) is 4.42. The number of amides is 1. The lowest BCUT2D eigenvalue weighted by Gasteiger charge is -2.25. The van der Waals surface area contributed by atoms with Crippen molar-refractivity contribution < 1.29 is 9.53 Å². The third-order valence-electron chi connectivity index (χ3n) is 3.39. The van der Waals surface area contributed by atoms with E-state index in [1.165, 1.54) is 11.3 Å². The first-order valence-corrected chi connectivity index (χ1v) is 8.67. The van der Waals surface area contributed by atoms with E-state index in [0.717, 1.165) is 21.6 Å². The standard InChI is InChI=1S/C18H25N3O2S/c1-18(2,3)23-17(22)21(4)10-12-7-5-6-8-14(12)13-9-15(16(19)20)24-11-13/h5-9,11,16H,10,19-20H2,1-4H3. The Kier molecular flexibility index (Phi) is 5.64. The number of nitrogens with two attached hydrogens (primary N) is 2. The van der Waals surface area contributed by atoms with Crippen LogP contribution in [0, 0.1) is 0 Å². The molecule has 2 aromatic rings. The fourth-order valence-corrected chi connectivity index (χ4v) is 3.08. The maximum absolute atomic E-state index is 12.2. The maximum atomic E-state index is 12.2. The molecular formula is C18H25N3O2S. The Bertz CT molecular complexity index is 704. The Balaban J connectivity index is 2.21. The minimum Gasteiger partial charge on any atom is -0.444 e. The van der Waals surface area contributed by atoms with Gasteiger partial charge in [0, 0.05) is 18.5 Å². The average molecular weight is 347 g/mol. The number of hydrogen-bond donors (Lipinski definition) is 2. The number of benzene rings is 1. The monoisotopic (exact) mass is 347 g/mol. The lowest BCUT2D eigenvalue weighted by Crippen LogP contribution is -2.33. The first-order chi connectivity index (χ1) is 11.2. The normalized spacial score (nSPS) is 11.6. The van der Waals surface area contributed by atoms with Gasteiger partial charge in [-0.15, -0.1) is 11.3 Å². The molecule has 0 spiro atoms. The van der Waals surface area contributed by atoms with Crippen LogP contribution in [0.2, 0.25) is 0 Å². The van der Waals surface area contributed by atoms with Crippen LogP contribution in [0.5, 0.6) is 0 Å². The molecule has 0 saturated heterocycles. The predicted molar refractivity (Wildman–Crippen MR) is 98.6 cm³/mol. The first-order valence-electron chi connectivity index (χ1n) is 7.79. The highest BCUT2D eigenvalue weighted by Gasteiger charge is 2.20. The van der Waals surface area contributed by atoms with Gasteiger partial charge in [0.05, 0.1) is 6.17 Å². The zero-order chi connectivity index (χ0) is 17.9. The summed E-state index contributed by atoms with van der Waals surface area (Å²) >= 11 is 1.54. The molecule has 24 heavy (non-hydrogen) atoms. The molecule has 0 atom stereocenters. The van der Waals surface area contributed by atoms with Crippen molar-refractivity contribution in [1.29, 1.82) is 0 Å². The summed E-state index contributed by atoms with van der Waals surface area (Å²) in [4.78, 5) is 14.7. The molecule has 2 rings (SSSR count). The molecular weight excluding hydrogens is 322 g/mol. The minimum absolute atomic E-state index is 0.340. The van der Waals surface area contributed by atoms with Gasteiger partial charge in [-0.2, -0.15) is 0 Å². The van der Waals surface area contributed by atoms with Crippen molar-refractivity contribution in [3.63, 3.8) is 0 Å². The number of carbonyl (C=O) groups excluding carboxylic acids is 1. The van der Waals surface area contributed by atoms with Gasteiger partial charge >= 0.3 is 6.09 Å². The van der Waals surface area contributed by atoms with Crippen LogP contribution in [0.1, 0.15) is 37.4 Å². The number of thiophene rings is 1. The molecule has 130 valence electrons. The summed E-state index contributed by atoms with van der Waals surface area (Å²) in [7, 11) is 1.74. The van der Waals surface area contributed by atoms with E-state index < -0.39 is 11.8 Å². The Morgan fingerprint density at radius 1 is 1.29 bits per heavy atom. The van der Waals surface area contributed by atoms with Crippen LogP contribution in [-0.4, -0.2) is 23.6 Å². The second kappa shape index (κ2) is 7.34. The fraction of sp³-hybridized carbons (Fsp3) is 0.389. The van der Waals surface area contributed by atoms with Gasteiger partial charge in [0.1, 0.15) is 5.60 Å². The van der Waals surface area contributed by atoms with Gasteiger partial charge in [0.15, 0.2) is 0 Å². The second-order valence-electron chi connectivity index (χ2n) is 6.76. The summed E-state index contributed by atoms with van der Waals surface area (Å²) < 4.78 is 5.41. The zero-order valence-electron chi connectivity index (χ0n) is 14.6. The molecule has 5 nitrogen and oxygen atoms in total. The summed E-state index contributed by atoms with van der Waals surface area (Å²) in [5.41, 5.74) is 14.1. The molecule has 4 N–H and O–H groups in total. The van der Waals surface area contributed by atoms with E-state index in [9.17, 15) is 4.79 Å². The topological polar surface area (TPSA) is 81.6 Å². The van der Waals surface area contributed by atoms with Crippen LogP contribution in [0.25, 0.3) is 11.1 Å². The quantitative estimate of drug-likeness (QED) is 0.826. The summed E-state index contributed by atoms with van der Waals surface area (Å²) in [6.45, 7) is 6.03. The first kappa shape index (κ1) is 18.4. The van der Waals surface area contributed by atoms with Gasteiger partial charge in [-0.05, 0) is 48.9 Å². The van der Waals surface area contributed by atoms with Gasteiger partial charge < -0.3 is 21.1 Å². The van der Waals surface area contributed by atoms with Crippen molar-refractivity contribution >= 4 is 17.4 Å². The number of rotatable bonds is 4. The molecule has 0 aliphatic rings. The van der Waals surface area contributed by atoms with Crippen molar-refractivity contribution in [3.05, 3.63) is 46.2 Å². The summed E-state index contributed by atoms with van der Waals surface area (Å²) in [6, 6.07) is 9.99. The van der Waals surface area contributed by atoms with Gasteiger partial charge in [-0.3, -0.25) is 0 Å². The number of nitrogens with zero attached hydrogens (tertiary/aromatic N) is 1. The van der Waals surface area contributed by atoms with Gasteiger partial charge in [0.25, 0.3) is 0 Å². The second-order valence-corrected chi connectivity index (χ2v) is 7.70. The van der Waals surface area contributed by atoms with Gasteiger partial charge in [-0.1, -0.05) is 24.3 Å². The van der Waals surface area contributed by atoms with E-state index in [-0.39, 0.29) is 6.09 Å². The Morgan fingerprint density at radius 2 is 1.96 bits per heavy atom. The van der Waals surface area contributed by atoms with E-state index in [4.69, 9.17) is 16.2 Å². The molecule has 0 fully saturated rings. The molecule has 0 aliphatic carbocycles. The summed E-state index contributed by atoms with van der Waals surface area (Å²) in [5.74, 6) is 0. The molecule has 6 heteroatoms. The van der Waals surface area contributed by atoms with Crippen LogP contribution in [-0.2, 0) is 11.3 Å². The van der Waals surface area contributed by atoms with Crippen molar-refractivity contribution in [2.75, 3.05) is 7.05 Å². The Hall–Kier alpha value is -1.89. The van der Waals surface area contributed by atoms with Crippen LogP contribution >= 0.6 is 11.3 Å². The van der Waals surface area contributed by atoms with Crippen molar-refractivity contribution in [2.24, 2.45) is 11.5 Å². The molecule has 0 unspecified atom stereocenters. The maximum Gasteiger partial charge on any atom is 0.410 e. The highest BCUT2D eigenvalue weighted by molar-refractivity contribution is 7.10. The van der Waals surface area contributed by atoms with Crippen LogP contribution in [0.4, 0.5) is 4.79 Å². The SMILES string of the molecule is CN(Cc1ccccc1-c1csc(C(N)N)c1)C(=O)OC(C)(C)C. The number of carbonyl (C=O) groups is 1. The highest BCUT2D eigenvalue weighted by atomic mass is 32.1. The van der Waals surface area contributed by atoms with Gasteiger partial charge in [-0.25, -0.2) is 4.79 Å². The smallest absolute Gasteiger partial charge is 0.410 e. The van der Waals surface area contributed by atoms with E-state index in [1.807, 2.05) is 56.5 Å². The van der Waals surface area contributed by atoms with Crippen LogP contribution in [0.15, 0.2) is 35.7 Å². The lowest BCUT2D eigenvalue weighted by atomic mass is 10.0. The van der Waals surface area contributed by atoms with E-state index in [2.05, 4.69) is 0 Å². The molecule has 0 radical (unpaired) electrons. The van der Waals surface area contributed by atoms with Crippen LogP contribution < -0.4 is 11.5 Å². The van der Waals surface area contributed by atoms with Crippen molar-refractivity contribution in [1.82, 2.24) is 4.90 Å². The average Bonchev–Trinajstić information content (AvgIpc) is 2.96. The third kappa shape index (κ3) is 4.80. The predicted octanol–water partition coefficient (Wildman–Crippen LogP) is 3.70. The summed E-state index contributed by atoms with van der Waals surface area (Å²) in [5, 5.41) is 2.04. The van der Waals surface area contributed by atoms with Crippen molar-refractivity contribution in [3.8, 4) is 11.1 Å². The highest BCUT2D eigenvalue weighted by Crippen LogP contribution is 2.30. The molecule has 1 aromatic carbocycles. The Labute approximate surface area is 147 Å². The molecule has 0 saturated carbocycles. The van der Waals surface area contributed by atoms with E-state index in [0.29, 0.717) is 6.54 Å². The molecule has 1 amide bonds. The van der Waals surface area contributed by atoms with Crippen LogP contribution in [0.3, 0.4) is 0 Å². The number of ether oxygens (including phenoxy) is 1. The van der Waals surface area contributed by atoms with E-state index >= 15 is 0 Å². The molecule has 0 aliphatic heterocycles. The molecule has 1 aromatic heterocycles. The zero-order valence-corrected chi connectivity index (χ0v) is 15.4. The van der Waals surface area contributed by atoms with Crippen molar-refractivity contribution in [2.45, 2.75) is 39.1 Å². The fourth-order valence-electron chi connectivity index (χ4n) is 2.27. The number of hydrogen-bond acceptors (Lipinski definition) is 5. The minimum atomic E-state index is -0.510.